The Morgan fingerprint density at radius 2 is 2.00 bits per heavy atom. The van der Waals surface area contributed by atoms with Crippen LogP contribution in [0.3, 0.4) is 0 Å². The second kappa shape index (κ2) is 13.3. The summed E-state index contributed by atoms with van der Waals surface area (Å²) in [4.78, 5) is 3.53. The number of ether oxygens (including phenoxy) is 1. The SMILES string of the molecule is CCCCOCC.CS(=O)(=O)Cc1cc(N)nc(S(=O)[O-])c1.[H-].[Na+]. The van der Waals surface area contributed by atoms with Gasteiger partial charge in [-0.05, 0) is 42.1 Å². The third-order valence-electron chi connectivity index (χ3n) is 2.33. The summed E-state index contributed by atoms with van der Waals surface area (Å²) >= 11 is -2.51. The molecular formula is C13H24N2NaO5S2-. The third-order valence-corrected chi connectivity index (χ3v) is 3.74. The molecule has 0 aliphatic carbocycles. The van der Waals surface area contributed by atoms with Crippen LogP contribution in [0.2, 0.25) is 0 Å². The first-order valence-electron chi connectivity index (χ1n) is 6.80. The Kier molecular flexibility index (Phi) is 14.6. The van der Waals surface area contributed by atoms with Crippen LogP contribution in [0, 0.1) is 0 Å². The summed E-state index contributed by atoms with van der Waals surface area (Å²) in [5.74, 6) is -0.278. The van der Waals surface area contributed by atoms with Gasteiger partial charge in [0, 0.05) is 19.5 Å². The second-order valence-electron chi connectivity index (χ2n) is 4.59. The topological polar surface area (TPSA) is 122 Å². The van der Waals surface area contributed by atoms with Crippen LogP contribution in [0.1, 0.15) is 33.7 Å². The van der Waals surface area contributed by atoms with Crippen LogP contribution in [0.4, 0.5) is 5.82 Å². The molecule has 0 bridgehead atoms. The molecule has 1 aromatic rings. The number of pyridine rings is 1. The van der Waals surface area contributed by atoms with Crippen LogP contribution in [0.25, 0.3) is 0 Å². The zero-order valence-corrected chi connectivity index (χ0v) is 17.7. The molecule has 1 aromatic heterocycles. The predicted molar refractivity (Wildman–Crippen MR) is 86.9 cm³/mol. The van der Waals surface area contributed by atoms with E-state index in [0.717, 1.165) is 19.5 Å². The fourth-order valence-electron chi connectivity index (χ4n) is 1.44. The van der Waals surface area contributed by atoms with Gasteiger partial charge in [0.1, 0.15) is 10.8 Å². The Morgan fingerprint density at radius 3 is 2.43 bits per heavy atom. The molecule has 1 unspecified atom stereocenters. The van der Waals surface area contributed by atoms with Crippen molar-refractivity contribution in [2.75, 3.05) is 25.2 Å². The van der Waals surface area contributed by atoms with Crippen molar-refractivity contribution in [3.05, 3.63) is 17.7 Å². The number of sulfone groups is 1. The summed E-state index contributed by atoms with van der Waals surface area (Å²) < 4.78 is 48.2. The molecule has 1 heterocycles. The van der Waals surface area contributed by atoms with Crippen LogP contribution < -0.4 is 35.3 Å². The van der Waals surface area contributed by atoms with Gasteiger partial charge in [-0.1, -0.05) is 13.3 Å². The minimum Gasteiger partial charge on any atom is -1.00 e. The van der Waals surface area contributed by atoms with Crippen LogP contribution >= 0.6 is 0 Å². The molecular weight excluding hydrogens is 351 g/mol. The van der Waals surface area contributed by atoms with Gasteiger partial charge in [0.15, 0.2) is 9.84 Å². The number of anilines is 1. The fraction of sp³-hybridized carbons (Fsp3) is 0.615. The van der Waals surface area contributed by atoms with Crippen molar-refractivity contribution in [1.82, 2.24) is 4.98 Å². The zero-order chi connectivity index (χ0) is 17.2. The fourth-order valence-corrected chi connectivity index (χ4v) is 2.64. The Labute approximate surface area is 164 Å². The van der Waals surface area contributed by atoms with E-state index in [1.807, 2.05) is 6.92 Å². The molecule has 130 valence electrons. The Morgan fingerprint density at radius 1 is 1.39 bits per heavy atom. The van der Waals surface area contributed by atoms with Gasteiger partial charge in [-0.2, -0.15) is 0 Å². The second-order valence-corrected chi connectivity index (χ2v) is 7.62. The zero-order valence-electron chi connectivity index (χ0n) is 15.1. The molecule has 7 nitrogen and oxygen atoms in total. The summed E-state index contributed by atoms with van der Waals surface area (Å²) in [7, 11) is -3.22. The molecule has 0 radical (unpaired) electrons. The summed E-state index contributed by atoms with van der Waals surface area (Å²) in [6, 6.07) is 2.51. The molecule has 0 saturated heterocycles. The average molecular weight is 375 g/mol. The normalized spacial score (nSPS) is 11.8. The maximum absolute atomic E-state index is 11.0. The molecule has 0 amide bonds. The Hall–Kier alpha value is -0.0300. The van der Waals surface area contributed by atoms with E-state index in [1.54, 1.807) is 0 Å². The van der Waals surface area contributed by atoms with Gasteiger partial charge in [0.2, 0.25) is 0 Å². The number of unbranched alkanes of at least 4 members (excludes halogenated alkanes) is 1. The van der Waals surface area contributed by atoms with Gasteiger partial charge in [0.05, 0.1) is 5.75 Å². The predicted octanol–water partition coefficient (Wildman–Crippen LogP) is -1.61. The Bertz CT molecular complexity index is 584. The van der Waals surface area contributed by atoms with Crippen molar-refractivity contribution >= 4 is 26.7 Å². The van der Waals surface area contributed by atoms with E-state index in [4.69, 9.17) is 10.5 Å². The minimum atomic E-state index is -3.22. The van der Waals surface area contributed by atoms with Gasteiger partial charge >= 0.3 is 29.6 Å². The van der Waals surface area contributed by atoms with Crippen LogP contribution in [-0.2, 0) is 31.4 Å². The average Bonchev–Trinajstić information content (AvgIpc) is 2.37. The van der Waals surface area contributed by atoms with Crippen molar-refractivity contribution in [3.63, 3.8) is 0 Å². The number of aromatic nitrogens is 1. The smallest absolute Gasteiger partial charge is 1.00 e. The van der Waals surface area contributed by atoms with E-state index in [2.05, 4.69) is 11.9 Å². The summed E-state index contributed by atoms with van der Waals surface area (Å²) in [5.41, 5.74) is 5.65. The van der Waals surface area contributed by atoms with Gasteiger partial charge in [0.25, 0.3) is 0 Å². The number of hydrogen-bond donors (Lipinski definition) is 1. The summed E-state index contributed by atoms with van der Waals surface area (Å²) in [6.45, 7) is 5.99. The first-order chi connectivity index (χ1) is 10.2. The number of hydrogen-bond acceptors (Lipinski definition) is 7. The third kappa shape index (κ3) is 14.1. The van der Waals surface area contributed by atoms with Crippen LogP contribution in [-0.4, -0.2) is 41.6 Å². The van der Waals surface area contributed by atoms with Gasteiger partial charge in [-0.3, -0.25) is 4.21 Å². The van der Waals surface area contributed by atoms with Gasteiger partial charge < -0.3 is 16.4 Å². The van der Waals surface area contributed by atoms with Crippen LogP contribution in [0.15, 0.2) is 17.2 Å². The molecule has 0 fully saturated rings. The quantitative estimate of drug-likeness (QED) is 0.345. The number of nitrogen functional groups attached to an aromatic ring is 1. The largest absolute Gasteiger partial charge is 1.00 e. The molecule has 0 aromatic carbocycles. The van der Waals surface area contributed by atoms with E-state index in [1.165, 1.54) is 25.0 Å². The van der Waals surface area contributed by atoms with E-state index < -0.39 is 20.9 Å². The maximum Gasteiger partial charge on any atom is 1.00 e. The van der Waals surface area contributed by atoms with E-state index in [-0.39, 0.29) is 47.6 Å². The molecule has 1 rings (SSSR count). The first kappa shape index (κ1) is 25.2. The van der Waals surface area contributed by atoms with Crippen molar-refractivity contribution in [2.24, 2.45) is 0 Å². The van der Waals surface area contributed by atoms with Crippen LogP contribution in [0.5, 0.6) is 0 Å². The Balaban J connectivity index is -0.000000424. The monoisotopic (exact) mass is 375 g/mol. The molecule has 2 N–H and O–H groups in total. The van der Waals surface area contributed by atoms with E-state index in [0.29, 0.717) is 5.56 Å². The molecule has 0 aliphatic rings. The first-order valence-corrected chi connectivity index (χ1v) is 9.94. The molecule has 1 atom stereocenters. The summed E-state index contributed by atoms with van der Waals surface area (Å²) in [6.07, 6.45) is 3.49. The summed E-state index contributed by atoms with van der Waals surface area (Å²) in [5, 5.41) is -0.256. The molecule has 0 saturated carbocycles. The number of nitrogens with two attached hydrogens (primary N) is 1. The minimum absolute atomic E-state index is 0. The maximum atomic E-state index is 11.0. The van der Waals surface area contributed by atoms with Crippen molar-refractivity contribution < 1.29 is 52.9 Å². The molecule has 23 heavy (non-hydrogen) atoms. The van der Waals surface area contributed by atoms with E-state index >= 15 is 0 Å². The number of nitrogens with zero attached hydrogens (tertiary/aromatic N) is 1. The van der Waals surface area contributed by atoms with Gasteiger partial charge in [-0.25, -0.2) is 13.4 Å². The van der Waals surface area contributed by atoms with Gasteiger partial charge in [-0.15, -0.1) is 0 Å². The van der Waals surface area contributed by atoms with Crippen molar-refractivity contribution in [2.45, 2.75) is 37.5 Å². The molecule has 10 heteroatoms. The molecule has 0 spiro atoms. The van der Waals surface area contributed by atoms with Crippen molar-refractivity contribution in [3.8, 4) is 0 Å². The van der Waals surface area contributed by atoms with E-state index in [9.17, 15) is 17.2 Å². The number of rotatable bonds is 7. The van der Waals surface area contributed by atoms with Crippen molar-refractivity contribution in [1.29, 1.82) is 0 Å². The molecule has 0 aliphatic heterocycles. The standard InChI is InChI=1S/C7H10N2O4S2.C6H14O.Na.H/c1-15(12,13)4-5-2-6(8)9-7(3-5)14(10)11;1-3-5-6-7-4-2;;/h2-3H,4H2,1H3,(H2,8,9)(H,10,11);3-6H2,1-2H3;;/q;;+1;-1/p-1.